The molecule has 2 N–H and O–H groups in total. The Labute approximate surface area is 150 Å². The van der Waals surface area contributed by atoms with Gasteiger partial charge >= 0.3 is 0 Å². The number of halogens is 1. The molecule has 0 aliphatic heterocycles. The molecular weight excluding hydrogens is 344 g/mol. The zero-order chi connectivity index (χ0) is 17.4. The first-order valence-electron chi connectivity index (χ1n) is 7.09. The third kappa shape index (κ3) is 5.34. The van der Waals surface area contributed by atoms with E-state index in [2.05, 4.69) is 16.6 Å². The van der Waals surface area contributed by atoms with E-state index in [-0.39, 0.29) is 24.1 Å². The van der Waals surface area contributed by atoms with E-state index in [4.69, 9.17) is 18.0 Å². The molecule has 0 fully saturated rings. The van der Waals surface area contributed by atoms with Crippen LogP contribution < -0.4 is 10.6 Å². The highest BCUT2D eigenvalue weighted by atomic mass is 35.5. The number of benzene rings is 2. The number of carbonyl (C=O) groups is 2. The Balaban J connectivity index is 1.97. The Morgan fingerprint density at radius 2 is 1.83 bits per heavy atom. The number of terminal acetylenes is 1. The number of nitrogens with one attached hydrogen (secondary N) is 2. The van der Waals surface area contributed by atoms with Crippen molar-refractivity contribution < 1.29 is 9.59 Å². The summed E-state index contributed by atoms with van der Waals surface area (Å²) in [6, 6.07) is 14.0. The fraction of sp³-hybridized carbons (Fsp3) is 0.111. The number of thioether (sulfide) groups is 1. The van der Waals surface area contributed by atoms with Crippen molar-refractivity contribution in [2.24, 2.45) is 0 Å². The standard InChI is InChI=1S/C18H15ClN2O2S/c1-2-11-20-18(23)15-5-3-4-6-16(15)21-17(22)12-24-14-9-7-13(19)8-10-14/h1,3-10H,11-12H2,(H,20,23)(H,21,22). The highest BCUT2D eigenvalue weighted by Crippen LogP contribution is 2.21. The number of anilines is 1. The maximum absolute atomic E-state index is 12.1. The van der Waals surface area contributed by atoms with Crippen LogP contribution in [0, 0.1) is 12.3 Å². The van der Waals surface area contributed by atoms with E-state index in [0.29, 0.717) is 16.3 Å². The third-order valence-corrected chi connectivity index (χ3v) is 4.24. The molecule has 0 bridgehead atoms. The van der Waals surface area contributed by atoms with Gasteiger partial charge in [0.1, 0.15) is 0 Å². The normalized spacial score (nSPS) is 9.83. The average Bonchev–Trinajstić information content (AvgIpc) is 2.59. The predicted molar refractivity (Wildman–Crippen MR) is 98.4 cm³/mol. The minimum atomic E-state index is -0.325. The van der Waals surface area contributed by atoms with E-state index >= 15 is 0 Å². The Morgan fingerprint density at radius 1 is 1.12 bits per heavy atom. The first kappa shape index (κ1) is 17.9. The monoisotopic (exact) mass is 358 g/mol. The summed E-state index contributed by atoms with van der Waals surface area (Å²) in [5.41, 5.74) is 0.825. The van der Waals surface area contributed by atoms with Crippen LogP contribution in [0.1, 0.15) is 10.4 Å². The van der Waals surface area contributed by atoms with Crippen LogP contribution in [0.3, 0.4) is 0 Å². The molecule has 0 unspecified atom stereocenters. The van der Waals surface area contributed by atoms with Crippen LogP contribution in [0.4, 0.5) is 5.69 Å². The second-order valence-electron chi connectivity index (χ2n) is 4.72. The molecule has 0 saturated carbocycles. The second kappa shape index (κ2) is 9.02. The quantitative estimate of drug-likeness (QED) is 0.614. The Hall–Kier alpha value is -2.42. The van der Waals surface area contributed by atoms with Gasteiger partial charge in [0.05, 0.1) is 23.5 Å². The number of hydrogen-bond donors (Lipinski definition) is 2. The van der Waals surface area contributed by atoms with Crippen molar-refractivity contribution in [1.29, 1.82) is 0 Å². The van der Waals surface area contributed by atoms with E-state index in [0.717, 1.165) is 4.90 Å². The lowest BCUT2D eigenvalue weighted by Gasteiger charge is -2.10. The molecule has 0 aliphatic carbocycles. The molecule has 122 valence electrons. The number of hydrogen-bond acceptors (Lipinski definition) is 3. The molecule has 0 spiro atoms. The zero-order valence-corrected chi connectivity index (χ0v) is 14.3. The van der Waals surface area contributed by atoms with Crippen LogP contribution in [0.2, 0.25) is 5.02 Å². The van der Waals surface area contributed by atoms with Gasteiger partial charge in [0, 0.05) is 9.92 Å². The molecule has 0 saturated heterocycles. The summed E-state index contributed by atoms with van der Waals surface area (Å²) < 4.78 is 0. The van der Waals surface area contributed by atoms with Crippen LogP contribution in [0.5, 0.6) is 0 Å². The fourth-order valence-electron chi connectivity index (χ4n) is 1.88. The van der Waals surface area contributed by atoms with Crippen LogP contribution in [0.15, 0.2) is 53.4 Å². The van der Waals surface area contributed by atoms with Crippen LogP contribution in [-0.4, -0.2) is 24.1 Å². The summed E-state index contributed by atoms with van der Waals surface area (Å²) in [4.78, 5) is 25.1. The number of rotatable bonds is 6. The van der Waals surface area contributed by atoms with Gasteiger partial charge in [0.15, 0.2) is 0 Å². The maximum atomic E-state index is 12.1. The molecule has 0 atom stereocenters. The highest BCUT2D eigenvalue weighted by molar-refractivity contribution is 8.00. The topological polar surface area (TPSA) is 58.2 Å². The molecule has 2 amide bonds. The van der Waals surface area contributed by atoms with Gasteiger partial charge in [-0.05, 0) is 36.4 Å². The molecule has 6 heteroatoms. The van der Waals surface area contributed by atoms with Gasteiger partial charge in [0.2, 0.25) is 5.91 Å². The van der Waals surface area contributed by atoms with E-state index in [1.807, 2.05) is 12.1 Å². The number of amides is 2. The summed E-state index contributed by atoms with van der Waals surface area (Å²) in [5.74, 6) is 2.04. The van der Waals surface area contributed by atoms with Gasteiger partial charge in [-0.1, -0.05) is 29.7 Å². The molecule has 0 aromatic heterocycles. The Kier molecular flexibility index (Phi) is 6.74. The summed E-state index contributed by atoms with van der Waals surface area (Å²) in [5, 5.41) is 5.98. The van der Waals surface area contributed by atoms with Crippen molar-refractivity contribution in [1.82, 2.24) is 5.32 Å². The van der Waals surface area contributed by atoms with Crippen molar-refractivity contribution in [3.05, 3.63) is 59.1 Å². The zero-order valence-electron chi connectivity index (χ0n) is 12.7. The predicted octanol–water partition coefficient (Wildman–Crippen LogP) is 3.43. The second-order valence-corrected chi connectivity index (χ2v) is 6.21. The Morgan fingerprint density at radius 3 is 2.54 bits per heavy atom. The number of para-hydroxylation sites is 1. The van der Waals surface area contributed by atoms with Gasteiger partial charge in [-0.3, -0.25) is 9.59 Å². The third-order valence-electron chi connectivity index (χ3n) is 2.98. The molecule has 4 nitrogen and oxygen atoms in total. The molecule has 0 aliphatic rings. The van der Waals surface area contributed by atoms with Crippen LogP contribution >= 0.6 is 23.4 Å². The largest absolute Gasteiger partial charge is 0.341 e. The van der Waals surface area contributed by atoms with Crippen LogP contribution in [-0.2, 0) is 4.79 Å². The maximum Gasteiger partial charge on any atom is 0.254 e. The van der Waals surface area contributed by atoms with E-state index in [1.165, 1.54) is 11.8 Å². The van der Waals surface area contributed by atoms with E-state index in [9.17, 15) is 9.59 Å². The number of carbonyl (C=O) groups excluding carboxylic acids is 2. The lowest BCUT2D eigenvalue weighted by atomic mass is 10.1. The smallest absolute Gasteiger partial charge is 0.254 e. The van der Waals surface area contributed by atoms with Gasteiger partial charge in [-0.2, -0.15) is 0 Å². The Bertz CT molecular complexity index is 769. The molecule has 0 heterocycles. The minimum absolute atomic E-state index is 0.132. The van der Waals surface area contributed by atoms with Crippen molar-refractivity contribution in [2.75, 3.05) is 17.6 Å². The molecule has 2 aromatic rings. The highest BCUT2D eigenvalue weighted by Gasteiger charge is 2.12. The molecule has 0 radical (unpaired) electrons. The van der Waals surface area contributed by atoms with E-state index < -0.39 is 0 Å². The van der Waals surface area contributed by atoms with E-state index in [1.54, 1.807) is 36.4 Å². The SMILES string of the molecule is C#CCNC(=O)c1ccccc1NC(=O)CSc1ccc(Cl)cc1. The summed E-state index contributed by atoms with van der Waals surface area (Å²) in [6.07, 6.45) is 5.13. The summed E-state index contributed by atoms with van der Waals surface area (Å²) in [6.45, 7) is 0.132. The van der Waals surface area contributed by atoms with Gasteiger partial charge in [-0.25, -0.2) is 0 Å². The molecule has 2 aromatic carbocycles. The molecular formula is C18H15ClN2O2S. The lowest BCUT2D eigenvalue weighted by molar-refractivity contribution is -0.113. The van der Waals surface area contributed by atoms with Crippen molar-refractivity contribution >= 4 is 40.9 Å². The summed E-state index contributed by atoms with van der Waals surface area (Å²) in [7, 11) is 0. The lowest BCUT2D eigenvalue weighted by Crippen LogP contribution is -2.25. The first-order chi connectivity index (χ1) is 11.6. The minimum Gasteiger partial charge on any atom is -0.341 e. The van der Waals surface area contributed by atoms with Gasteiger partial charge in [-0.15, -0.1) is 18.2 Å². The van der Waals surface area contributed by atoms with Crippen LogP contribution in [0.25, 0.3) is 0 Å². The summed E-state index contributed by atoms with van der Waals surface area (Å²) >= 11 is 7.21. The van der Waals surface area contributed by atoms with Crippen molar-refractivity contribution in [2.45, 2.75) is 4.90 Å². The van der Waals surface area contributed by atoms with Gasteiger partial charge < -0.3 is 10.6 Å². The average molecular weight is 359 g/mol. The first-order valence-corrected chi connectivity index (χ1v) is 8.45. The molecule has 24 heavy (non-hydrogen) atoms. The fourth-order valence-corrected chi connectivity index (χ4v) is 2.71. The molecule has 2 rings (SSSR count). The van der Waals surface area contributed by atoms with Crippen molar-refractivity contribution in [3.8, 4) is 12.3 Å². The van der Waals surface area contributed by atoms with Crippen molar-refractivity contribution in [3.63, 3.8) is 0 Å². The van der Waals surface area contributed by atoms with Gasteiger partial charge in [0.25, 0.3) is 5.91 Å².